The molecular formula is C27H32N2O5. The number of nitrogens with one attached hydrogen (secondary N) is 1. The Morgan fingerprint density at radius 1 is 1.03 bits per heavy atom. The van der Waals surface area contributed by atoms with Gasteiger partial charge < -0.3 is 20.1 Å². The summed E-state index contributed by atoms with van der Waals surface area (Å²) < 4.78 is 5.56. The number of carbonyl (C=O) groups excluding carboxylic acids is 2. The first-order valence-electron chi connectivity index (χ1n) is 11.9. The predicted octanol–water partition coefficient (Wildman–Crippen LogP) is 4.55. The summed E-state index contributed by atoms with van der Waals surface area (Å²) in [4.78, 5) is 38.7. The average molecular weight is 465 g/mol. The highest BCUT2D eigenvalue weighted by atomic mass is 16.5. The molecule has 180 valence electrons. The molecule has 2 aromatic rings. The van der Waals surface area contributed by atoms with Crippen LogP contribution in [0.25, 0.3) is 11.1 Å². The Morgan fingerprint density at radius 3 is 2.15 bits per heavy atom. The molecule has 2 aliphatic carbocycles. The number of ether oxygens (including phenoxy) is 1. The minimum absolute atomic E-state index is 0.00965. The summed E-state index contributed by atoms with van der Waals surface area (Å²) in [5, 5.41) is 12.5. The lowest BCUT2D eigenvalue weighted by atomic mass is 9.80. The molecular weight excluding hydrogens is 432 g/mol. The summed E-state index contributed by atoms with van der Waals surface area (Å²) in [6, 6.07) is 15.8. The molecule has 2 N–H and O–H groups in total. The molecule has 7 nitrogen and oxygen atoms in total. The number of amides is 2. The number of aliphatic carboxylic acids is 1. The first kappa shape index (κ1) is 23.8. The van der Waals surface area contributed by atoms with Crippen molar-refractivity contribution < 1.29 is 24.2 Å². The van der Waals surface area contributed by atoms with Gasteiger partial charge in [-0.25, -0.2) is 9.59 Å². The largest absolute Gasteiger partial charge is 0.479 e. The van der Waals surface area contributed by atoms with Crippen molar-refractivity contribution in [1.82, 2.24) is 10.2 Å². The molecule has 1 unspecified atom stereocenters. The van der Waals surface area contributed by atoms with E-state index in [0.717, 1.165) is 41.5 Å². The van der Waals surface area contributed by atoms with Crippen LogP contribution in [0.1, 0.15) is 62.5 Å². The quantitative estimate of drug-likeness (QED) is 0.627. The van der Waals surface area contributed by atoms with Crippen LogP contribution in [0, 0.1) is 0 Å². The van der Waals surface area contributed by atoms with Crippen LogP contribution >= 0.6 is 0 Å². The second-order valence-electron chi connectivity index (χ2n) is 9.43. The van der Waals surface area contributed by atoms with Crippen LogP contribution in [0.2, 0.25) is 0 Å². The third-order valence-electron chi connectivity index (χ3n) is 7.28. The molecule has 0 aromatic heterocycles. The summed E-state index contributed by atoms with van der Waals surface area (Å²) in [7, 11) is 1.56. The number of rotatable bonds is 7. The van der Waals surface area contributed by atoms with E-state index in [1.165, 1.54) is 4.90 Å². The molecule has 4 rings (SSSR count). The van der Waals surface area contributed by atoms with Crippen LogP contribution in [-0.4, -0.2) is 53.2 Å². The Morgan fingerprint density at radius 2 is 1.59 bits per heavy atom. The lowest BCUT2D eigenvalue weighted by molar-refractivity contribution is -0.160. The predicted molar refractivity (Wildman–Crippen MR) is 129 cm³/mol. The Labute approximate surface area is 200 Å². The minimum Gasteiger partial charge on any atom is -0.479 e. The van der Waals surface area contributed by atoms with Gasteiger partial charge in [0, 0.05) is 25.4 Å². The zero-order valence-corrected chi connectivity index (χ0v) is 19.8. The third kappa shape index (κ3) is 4.52. The van der Waals surface area contributed by atoms with Gasteiger partial charge in [0.25, 0.3) is 0 Å². The smallest absolute Gasteiger partial charge is 0.407 e. The van der Waals surface area contributed by atoms with Crippen molar-refractivity contribution in [2.75, 3.05) is 13.7 Å². The van der Waals surface area contributed by atoms with Crippen LogP contribution in [0.3, 0.4) is 0 Å². The van der Waals surface area contributed by atoms with Gasteiger partial charge in [-0.2, -0.15) is 0 Å². The van der Waals surface area contributed by atoms with Crippen molar-refractivity contribution >= 4 is 18.0 Å². The second-order valence-corrected chi connectivity index (χ2v) is 9.43. The van der Waals surface area contributed by atoms with Crippen molar-refractivity contribution in [3.05, 3.63) is 59.7 Å². The van der Waals surface area contributed by atoms with Gasteiger partial charge in [0.15, 0.2) is 0 Å². The first-order chi connectivity index (χ1) is 16.3. The molecule has 1 fully saturated rings. The monoisotopic (exact) mass is 464 g/mol. The van der Waals surface area contributed by atoms with Crippen molar-refractivity contribution in [3.63, 3.8) is 0 Å². The van der Waals surface area contributed by atoms with Crippen LogP contribution in [-0.2, 0) is 14.3 Å². The van der Waals surface area contributed by atoms with Crippen LogP contribution in [0.15, 0.2) is 48.5 Å². The number of hydrogen-bond donors (Lipinski definition) is 2. The summed E-state index contributed by atoms with van der Waals surface area (Å²) in [5.74, 6) is -1.29. The SMILES string of the molecule is CC(CC(=O)N(C)C1(C(=O)O)CCCCC1)NC(=O)OCC1c2ccccc2-c2ccccc21. The number of nitrogens with zero attached hydrogens (tertiary/aromatic N) is 1. The summed E-state index contributed by atoms with van der Waals surface area (Å²) in [6.07, 6.45) is 2.90. The fourth-order valence-corrected chi connectivity index (χ4v) is 5.36. The molecule has 7 heteroatoms. The van der Waals surface area contributed by atoms with Gasteiger partial charge in [-0.15, -0.1) is 0 Å². The Hall–Kier alpha value is -3.35. The number of alkyl carbamates (subject to hydrolysis) is 1. The van der Waals surface area contributed by atoms with Crippen LogP contribution < -0.4 is 5.32 Å². The zero-order valence-electron chi connectivity index (χ0n) is 19.8. The van der Waals surface area contributed by atoms with Crippen molar-refractivity contribution in [2.45, 2.75) is 62.9 Å². The molecule has 0 radical (unpaired) electrons. The van der Waals surface area contributed by atoms with E-state index in [1.807, 2.05) is 24.3 Å². The van der Waals surface area contributed by atoms with Gasteiger partial charge in [0.1, 0.15) is 12.1 Å². The molecule has 1 saturated carbocycles. The van der Waals surface area contributed by atoms with Gasteiger partial charge in [-0.1, -0.05) is 67.8 Å². The molecule has 0 spiro atoms. The first-order valence-corrected chi connectivity index (χ1v) is 11.9. The van der Waals surface area contributed by atoms with E-state index in [0.29, 0.717) is 12.8 Å². The molecule has 34 heavy (non-hydrogen) atoms. The molecule has 0 heterocycles. The number of fused-ring (bicyclic) bond motifs is 3. The summed E-state index contributed by atoms with van der Waals surface area (Å²) >= 11 is 0. The second kappa shape index (κ2) is 9.87. The molecule has 0 saturated heterocycles. The Bertz CT molecular complexity index is 1030. The van der Waals surface area contributed by atoms with Gasteiger partial charge in [-0.3, -0.25) is 4.79 Å². The fourth-order valence-electron chi connectivity index (χ4n) is 5.36. The Kier molecular flexibility index (Phi) is 6.91. The van der Waals surface area contributed by atoms with Gasteiger partial charge in [-0.05, 0) is 42.0 Å². The number of carbonyl (C=O) groups is 3. The topological polar surface area (TPSA) is 95.9 Å². The van der Waals surface area contributed by atoms with E-state index >= 15 is 0 Å². The number of carboxylic acid groups (broad SMARTS) is 1. The summed E-state index contributed by atoms with van der Waals surface area (Å²) in [6.45, 7) is 1.92. The van der Waals surface area contributed by atoms with Crippen molar-refractivity contribution in [1.29, 1.82) is 0 Å². The van der Waals surface area contributed by atoms with Crippen molar-refractivity contribution in [3.8, 4) is 11.1 Å². The number of benzene rings is 2. The van der Waals surface area contributed by atoms with E-state index in [1.54, 1.807) is 14.0 Å². The van der Waals surface area contributed by atoms with E-state index in [-0.39, 0.29) is 24.9 Å². The highest BCUT2D eigenvalue weighted by Crippen LogP contribution is 2.44. The van der Waals surface area contributed by atoms with Gasteiger partial charge in [0.2, 0.25) is 5.91 Å². The van der Waals surface area contributed by atoms with E-state index in [2.05, 4.69) is 29.6 Å². The maximum atomic E-state index is 12.9. The molecule has 2 amide bonds. The maximum Gasteiger partial charge on any atom is 0.407 e. The maximum absolute atomic E-state index is 12.9. The molecule has 1 atom stereocenters. The highest BCUT2D eigenvalue weighted by molar-refractivity contribution is 5.87. The molecule has 0 aliphatic heterocycles. The van der Waals surface area contributed by atoms with Gasteiger partial charge >= 0.3 is 12.1 Å². The van der Waals surface area contributed by atoms with E-state index in [9.17, 15) is 19.5 Å². The average Bonchev–Trinajstić information content (AvgIpc) is 3.16. The third-order valence-corrected chi connectivity index (χ3v) is 7.28. The van der Waals surface area contributed by atoms with E-state index < -0.39 is 23.6 Å². The zero-order chi connectivity index (χ0) is 24.3. The number of carboxylic acids is 1. The molecule has 2 aromatic carbocycles. The lowest BCUT2D eigenvalue weighted by Crippen LogP contribution is -2.57. The number of likely N-dealkylation sites (N-methyl/N-ethyl adjacent to an activating group) is 1. The molecule has 2 aliphatic rings. The highest BCUT2D eigenvalue weighted by Gasteiger charge is 2.45. The van der Waals surface area contributed by atoms with Crippen molar-refractivity contribution in [2.24, 2.45) is 0 Å². The molecule has 0 bridgehead atoms. The van der Waals surface area contributed by atoms with Crippen LogP contribution in [0.4, 0.5) is 4.79 Å². The van der Waals surface area contributed by atoms with Gasteiger partial charge in [0.05, 0.1) is 0 Å². The fraction of sp³-hybridized carbons (Fsp3) is 0.444. The number of hydrogen-bond acceptors (Lipinski definition) is 4. The minimum atomic E-state index is -1.15. The summed E-state index contributed by atoms with van der Waals surface area (Å²) in [5.41, 5.74) is 3.42. The van der Waals surface area contributed by atoms with E-state index in [4.69, 9.17) is 4.74 Å². The normalized spacial score (nSPS) is 17.2. The standard InChI is InChI=1S/C27H32N2O5/c1-18(16-24(30)29(2)27(25(31)32)14-8-3-9-15-27)28-26(33)34-17-23-21-12-6-4-10-19(21)20-11-5-7-13-22(20)23/h4-7,10-13,18,23H,3,8-9,14-17H2,1-2H3,(H,28,33)(H,31,32). The lowest BCUT2D eigenvalue weighted by Gasteiger charge is -2.41. The Balaban J connectivity index is 1.33. The van der Waals surface area contributed by atoms with Crippen LogP contribution in [0.5, 0.6) is 0 Å².